The van der Waals surface area contributed by atoms with Crippen LogP contribution in [0.4, 0.5) is 4.39 Å². The van der Waals surface area contributed by atoms with Crippen LogP contribution in [0.15, 0.2) is 24.3 Å². The summed E-state index contributed by atoms with van der Waals surface area (Å²) in [5.41, 5.74) is 0.129. The molecule has 0 saturated heterocycles. The smallest absolute Gasteiger partial charge is 0.254 e. The van der Waals surface area contributed by atoms with Gasteiger partial charge in [0.2, 0.25) is 0 Å². The number of amides is 1. The second kappa shape index (κ2) is 9.66. The Bertz CT molecular complexity index is 486. The van der Waals surface area contributed by atoms with Crippen LogP contribution in [0.5, 0.6) is 0 Å². The third kappa shape index (κ3) is 5.94. The first-order valence-electron chi connectivity index (χ1n) is 8.91. The molecule has 1 aromatic rings. The van der Waals surface area contributed by atoms with E-state index in [4.69, 9.17) is 0 Å². The molecule has 0 atom stereocenters. The van der Waals surface area contributed by atoms with Gasteiger partial charge in [0.15, 0.2) is 0 Å². The number of halogens is 1. The largest absolute Gasteiger partial charge is 0.352 e. The van der Waals surface area contributed by atoms with Crippen molar-refractivity contribution >= 4 is 5.91 Å². The fraction of sp³-hybridized carbons (Fsp3) is 0.632. The molecule has 0 aliphatic heterocycles. The molecule has 3 nitrogen and oxygen atoms in total. The first kappa shape index (κ1) is 17.9. The molecule has 23 heavy (non-hydrogen) atoms. The maximum absolute atomic E-state index is 13.5. The first-order chi connectivity index (χ1) is 11.2. The lowest BCUT2D eigenvalue weighted by Crippen LogP contribution is -2.34. The Morgan fingerprint density at radius 1 is 1.17 bits per heavy atom. The van der Waals surface area contributed by atoms with Gasteiger partial charge < -0.3 is 10.2 Å². The van der Waals surface area contributed by atoms with E-state index in [1.165, 1.54) is 44.2 Å². The summed E-state index contributed by atoms with van der Waals surface area (Å²) in [6, 6.07) is 6.87. The summed E-state index contributed by atoms with van der Waals surface area (Å²) in [5, 5.41) is 2.80. The molecule has 0 aromatic heterocycles. The van der Waals surface area contributed by atoms with E-state index in [2.05, 4.69) is 17.3 Å². The van der Waals surface area contributed by atoms with Gasteiger partial charge in [0, 0.05) is 12.6 Å². The highest BCUT2D eigenvalue weighted by Gasteiger charge is 2.17. The fourth-order valence-electron chi connectivity index (χ4n) is 3.31. The van der Waals surface area contributed by atoms with E-state index in [9.17, 15) is 9.18 Å². The number of hydrogen-bond donors (Lipinski definition) is 1. The third-order valence-electron chi connectivity index (χ3n) is 4.79. The number of nitrogens with one attached hydrogen (secondary N) is 1. The van der Waals surface area contributed by atoms with Gasteiger partial charge in [-0.05, 0) is 51.4 Å². The molecule has 128 valence electrons. The molecule has 0 spiro atoms. The molecule has 1 aromatic carbocycles. The van der Waals surface area contributed by atoms with Crippen molar-refractivity contribution in [1.82, 2.24) is 10.2 Å². The number of carbonyl (C=O) groups excluding carboxylic acids is 1. The van der Waals surface area contributed by atoms with Gasteiger partial charge in [-0.1, -0.05) is 37.8 Å². The quantitative estimate of drug-likeness (QED) is 0.735. The molecule has 1 amide bonds. The maximum Gasteiger partial charge on any atom is 0.254 e. The van der Waals surface area contributed by atoms with Crippen molar-refractivity contribution in [2.75, 3.05) is 20.1 Å². The van der Waals surface area contributed by atoms with Gasteiger partial charge in [0.05, 0.1) is 5.56 Å². The van der Waals surface area contributed by atoms with Gasteiger partial charge in [-0.2, -0.15) is 0 Å². The van der Waals surface area contributed by atoms with Crippen LogP contribution in [0.2, 0.25) is 0 Å². The summed E-state index contributed by atoms with van der Waals surface area (Å²) in [7, 11) is 2.23. The van der Waals surface area contributed by atoms with Crippen LogP contribution in [0.3, 0.4) is 0 Å². The Balaban J connectivity index is 1.55. The minimum atomic E-state index is -0.459. The van der Waals surface area contributed by atoms with Gasteiger partial charge in [-0.15, -0.1) is 0 Å². The van der Waals surface area contributed by atoms with Crippen molar-refractivity contribution in [3.63, 3.8) is 0 Å². The van der Waals surface area contributed by atoms with E-state index >= 15 is 0 Å². The van der Waals surface area contributed by atoms with Crippen LogP contribution in [0.25, 0.3) is 0 Å². The van der Waals surface area contributed by atoms with Gasteiger partial charge >= 0.3 is 0 Å². The summed E-state index contributed by atoms with van der Waals surface area (Å²) < 4.78 is 13.5. The summed E-state index contributed by atoms with van der Waals surface area (Å²) in [4.78, 5) is 14.4. The van der Waals surface area contributed by atoms with Gasteiger partial charge in [0.25, 0.3) is 5.91 Å². The second-order valence-electron chi connectivity index (χ2n) is 6.57. The van der Waals surface area contributed by atoms with Crippen molar-refractivity contribution in [2.45, 2.75) is 57.4 Å². The van der Waals surface area contributed by atoms with Crippen molar-refractivity contribution in [1.29, 1.82) is 0 Å². The van der Waals surface area contributed by atoms with E-state index < -0.39 is 5.82 Å². The van der Waals surface area contributed by atoms with Crippen LogP contribution in [0, 0.1) is 5.82 Å². The monoisotopic (exact) mass is 320 g/mol. The Hall–Kier alpha value is -1.42. The maximum atomic E-state index is 13.5. The van der Waals surface area contributed by atoms with Gasteiger partial charge in [-0.25, -0.2) is 4.39 Å². The topological polar surface area (TPSA) is 32.3 Å². The Morgan fingerprint density at radius 3 is 2.65 bits per heavy atom. The molecule has 0 radical (unpaired) electrons. The average Bonchev–Trinajstić information content (AvgIpc) is 2.58. The Labute approximate surface area is 139 Å². The number of hydrogen-bond acceptors (Lipinski definition) is 2. The standard InChI is InChI=1S/C19H29FN2O/c1-22(16-10-4-2-5-11-16)15-9-3-8-14-21-19(23)17-12-6-7-13-18(17)20/h6-7,12-13,16H,2-5,8-11,14-15H2,1H3,(H,21,23). The summed E-state index contributed by atoms with van der Waals surface area (Å²) in [6.45, 7) is 1.74. The lowest BCUT2D eigenvalue weighted by atomic mass is 9.94. The number of nitrogens with zero attached hydrogens (tertiary/aromatic N) is 1. The molecular formula is C19H29FN2O. The highest BCUT2D eigenvalue weighted by Crippen LogP contribution is 2.21. The highest BCUT2D eigenvalue weighted by atomic mass is 19.1. The molecule has 1 saturated carbocycles. The van der Waals surface area contributed by atoms with E-state index in [1.54, 1.807) is 12.1 Å². The van der Waals surface area contributed by atoms with Crippen LogP contribution < -0.4 is 5.32 Å². The minimum Gasteiger partial charge on any atom is -0.352 e. The van der Waals surface area contributed by atoms with Crippen LogP contribution in [0.1, 0.15) is 61.7 Å². The number of carbonyl (C=O) groups is 1. The van der Waals surface area contributed by atoms with Crippen molar-refractivity contribution < 1.29 is 9.18 Å². The van der Waals surface area contributed by atoms with E-state index in [-0.39, 0.29) is 11.5 Å². The zero-order valence-corrected chi connectivity index (χ0v) is 14.2. The molecule has 1 fully saturated rings. The van der Waals surface area contributed by atoms with Crippen LogP contribution >= 0.6 is 0 Å². The molecule has 4 heteroatoms. The van der Waals surface area contributed by atoms with Gasteiger partial charge in [0.1, 0.15) is 5.82 Å². The highest BCUT2D eigenvalue weighted by molar-refractivity contribution is 5.94. The fourth-order valence-corrected chi connectivity index (χ4v) is 3.31. The van der Waals surface area contributed by atoms with E-state index in [1.807, 2.05) is 0 Å². The number of unbranched alkanes of at least 4 members (excludes halogenated alkanes) is 2. The number of benzene rings is 1. The van der Waals surface area contributed by atoms with Gasteiger partial charge in [-0.3, -0.25) is 4.79 Å². The number of rotatable bonds is 8. The zero-order chi connectivity index (χ0) is 16.5. The zero-order valence-electron chi connectivity index (χ0n) is 14.2. The average molecular weight is 320 g/mol. The van der Waals surface area contributed by atoms with Crippen molar-refractivity contribution in [3.05, 3.63) is 35.6 Å². The SMILES string of the molecule is CN(CCCCCNC(=O)c1ccccc1F)C1CCCCC1. The predicted molar refractivity (Wildman–Crippen MR) is 92.1 cm³/mol. The van der Waals surface area contributed by atoms with Crippen LogP contribution in [-0.4, -0.2) is 37.0 Å². The molecule has 1 aliphatic carbocycles. The lowest BCUT2D eigenvalue weighted by Gasteiger charge is -2.31. The molecule has 0 bridgehead atoms. The lowest BCUT2D eigenvalue weighted by molar-refractivity contribution is 0.0948. The molecule has 0 unspecified atom stereocenters. The normalized spacial score (nSPS) is 15.8. The Morgan fingerprint density at radius 2 is 1.91 bits per heavy atom. The molecule has 1 N–H and O–H groups in total. The third-order valence-corrected chi connectivity index (χ3v) is 4.79. The molecule has 2 rings (SSSR count). The van der Waals surface area contributed by atoms with E-state index in [0.717, 1.165) is 31.8 Å². The second-order valence-corrected chi connectivity index (χ2v) is 6.57. The molecule has 1 aliphatic rings. The minimum absolute atomic E-state index is 0.129. The summed E-state index contributed by atoms with van der Waals surface area (Å²) in [5.74, 6) is -0.776. The molecular weight excluding hydrogens is 291 g/mol. The Kier molecular flexibility index (Phi) is 7.53. The molecule has 0 heterocycles. The summed E-state index contributed by atoms with van der Waals surface area (Å²) in [6.07, 6.45) is 10.0. The van der Waals surface area contributed by atoms with Crippen LogP contribution in [-0.2, 0) is 0 Å². The van der Waals surface area contributed by atoms with Crippen molar-refractivity contribution in [2.24, 2.45) is 0 Å². The first-order valence-corrected chi connectivity index (χ1v) is 8.91. The van der Waals surface area contributed by atoms with Crippen molar-refractivity contribution in [3.8, 4) is 0 Å². The van der Waals surface area contributed by atoms with E-state index in [0.29, 0.717) is 6.54 Å². The summed E-state index contributed by atoms with van der Waals surface area (Å²) >= 11 is 0. The predicted octanol–water partition coefficient (Wildman–Crippen LogP) is 3.99.